The van der Waals surface area contributed by atoms with Crippen LogP contribution in [0.2, 0.25) is 0 Å². The first kappa shape index (κ1) is 22.2. The molecule has 0 aliphatic carbocycles. The van der Waals surface area contributed by atoms with Gasteiger partial charge in [0.25, 0.3) is 11.6 Å². The summed E-state index contributed by atoms with van der Waals surface area (Å²) >= 11 is 2.14. The SMILES string of the molecule is COc1cc(/C=N\NC(=O)c2cccc(I)c2)ccc1OCc1ccc([N+](=O)[O-])cc1. The van der Waals surface area contributed by atoms with Crippen LogP contribution in [0.4, 0.5) is 5.69 Å². The fraction of sp³-hybridized carbons (Fsp3) is 0.0909. The van der Waals surface area contributed by atoms with Crippen molar-refractivity contribution in [2.45, 2.75) is 6.61 Å². The van der Waals surface area contributed by atoms with Crippen LogP contribution in [0.5, 0.6) is 11.5 Å². The number of benzene rings is 3. The Kier molecular flexibility index (Phi) is 7.55. The standard InChI is InChI=1S/C22H18IN3O5/c1-30-21-11-16(13-24-25-22(27)17-3-2-4-18(23)12-17)7-10-20(21)31-14-15-5-8-19(9-6-15)26(28)29/h2-13H,14H2,1H3,(H,25,27)/b24-13-. The van der Waals surface area contributed by atoms with E-state index in [1.165, 1.54) is 25.5 Å². The van der Waals surface area contributed by atoms with E-state index in [2.05, 4.69) is 33.1 Å². The third-order valence-corrected chi connectivity index (χ3v) is 4.87. The normalized spacial score (nSPS) is 10.6. The molecule has 0 fully saturated rings. The number of rotatable bonds is 8. The summed E-state index contributed by atoms with van der Waals surface area (Å²) in [5.74, 6) is 0.709. The zero-order valence-electron chi connectivity index (χ0n) is 16.4. The van der Waals surface area contributed by atoms with Crippen LogP contribution < -0.4 is 14.9 Å². The number of halogens is 1. The Labute approximate surface area is 192 Å². The van der Waals surface area contributed by atoms with Gasteiger partial charge in [-0.2, -0.15) is 5.10 Å². The Morgan fingerprint density at radius 1 is 1.13 bits per heavy atom. The first-order valence-corrected chi connectivity index (χ1v) is 10.2. The molecular formula is C22H18IN3O5. The van der Waals surface area contributed by atoms with Gasteiger partial charge >= 0.3 is 0 Å². The van der Waals surface area contributed by atoms with Gasteiger partial charge < -0.3 is 9.47 Å². The number of nitrogens with one attached hydrogen (secondary N) is 1. The maximum atomic E-state index is 12.1. The van der Waals surface area contributed by atoms with E-state index in [1.807, 2.05) is 6.07 Å². The summed E-state index contributed by atoms with van der Waals surface area (Å²) < 4.78 is 12.1. The van der Waals surface area contributed by atoms with Gasteiger partial charge in [-0.3, -0.25) is 14.9 Å². The van der Waals surface area contributed by atoms with Crippen molar-refractivity contribution in [3.8, 4) is 11.5 Å². The molecule has 0 spiro atoms. The minimum absolute atomic E-state index is 0.0269. The second-order valence-electron chi connectivity index (χ2n) is 6.33. The van der Waals surface area contributed by atoms with Crippen molar-refractivity contribution in [1.82, 2.24) is 5.43 Å². The molecule has 3 rings (SSSR count). The number of nitro benzene ring substituents is 1. The molecule has 0 aromatic heterocycles. The van der Waals surface area contributed by atoms with Gasteiger partial charge in [0.15, 0.2) is 11.5 Å². The summed E-state index contributed by atoms with van der Waals surface area (Å²) in [5, 5.41) is 14.7. The molecule has 0 saturated heterocycles. The van der Waals surface area contributed by atoms with Crippen LogP contribution in [-0.2, 0) is 6.61 Å². The van der Waals surface area contributed by atoms with Crippen LogP contribution in [0.25, 0.3) is 0 Å². The number of nitrogens with zero attached hydrogens (tertiary/aromatic N) is 2. The highest BCUT2D eigenvalue weighted by molar-refractivity contribution is 14.1. The van der Waals surface area contributed by atoms with E-state index in [0.29, 0.717) is 22.6 Å². The number of carbonyl (C=O) groups is 1. The number of amides is 1. The third kappa shape index (κ3) is 6.25. The lowest BCUT2D eigenvalue weighted by Gasteiger charge is -2.11. The van der Waals surface area contributed by atoms with Gasteiger partial charge in [0, 0.05) is 21.3 Å². The van der Waals surface area contributed by atoms with Gasteiger partial charge in [0.1, 0.15) is 6.61 Å². The number of methoxy groups -OCH3 is 1. The van der Waals surface area contributed by atoms with Crippen molar-refractivity contribution in [2.24, 2.45) is 5.10 Å². The first-order valence-electron chi connectivity index (χ1n) is 9.09. The Hall–Kier alpha value is -3.47. The van der Waals surface area contributed by atoms with E-state index in [-0.39, 0.29) is 18.2 Å². The average molecular weight is 531 g/mol. The van der Waals surface area contributed by atoms with Crippen molar-refractivity contribution in [2.75, 3.05) is 7.11 Å². The smallest absolute Gasteiger partial charge is 0.271 e. The van der Waals surface area contributed by atoms with Crippen LogP contribution in [-0.4, -0.2) is 24.2 Å². The molecule has 0 radical (unpaired) electrons. The number of hydrogen-bond acceptors (Lipinski definition) is 6. The maximum Gasteiger partial charge on any atom is 0.271 e. The minimum atomic E-state index is -0.447. The molecule has 9 heteroatoms. The largest absolute Gasteiger partial charge is 0.493 e. The van der Waals surface area contributed by atoms with Crippen molar-refractivity contribution in [3.63, 3.8) is 0 Å². The van der Waals surface area contributed by atoms with E-state index < -0.39 is 4.92 Å². The fourth-order valence-electron chi connectivity index (χ4n) is 2.62. The molecular weight excluding hydrogens is 513 g/mol. The molecule has 1 amide bonds. The van der Waals surface area contributed by atoms with Gasteiger partial charge in [-0.05, 0) is 82.2 Å². The van der Waals surface area contributed by atoms with Crippen molar-refractivity contribution < 1.29 is 19.2 Å². The van der Waals surface area contributed by atoms with Crippen LogP contribution >= 0.6 is 22.6 Å². The monoisotopic (exact) mass is 531 g/mol. The number of ether oxygens (including phenoxy) is 2. The van der Waals surface area contributed by atoms with Crippen molar-refractivity contribution >= 4 is 40.4 Å². The van der Waals surface area contributed by atoms with Gasteiger partial charge in [-0.15, -0.1) is 0 Å². The van der Waals surface area contributed by atoms with Gasteiger partial charge in [0.2, 0.25) is 0 Å². The fourth-order valence-corrected chi connectivity index (χ4v) is 3.16. The molecule has 3 aromatic carbocycles. The number of carbonyl (C=O) groups excluding carboxylic acids is 1. The highest BCUT2D eigenvalue weighted by Crippen LogP contribution is 2.28. The zero-order valence-corrected chi connectivity index (χ0v) is 18.6. The lowest BCUT2D eigenvalue weighted by atomic mass is 10.2. The molecule has 8 nitrogen and oxygen atoms in total. The predicted octanol–water partition coefficient (Wildman–Crippen LogP) is 4.55. The molecule has 0 heterocycles. The van der Waals surface area contributed by atoms with Gasteiger partial charge in [-0.25, -0.2) is 5.43 Å². The van der Waals surface area contributed by atoms with Gasteiger partial charge in [-0.1, -0.05) is 6.07 Å². The second kappa shape index (κ2) is 10.5. The first-order chi connectivity index (χ1) is 15.0. The molecule has 0 aliphatic rings. The van der Waals surface area contributed by atoms with Gasteiger partial charge in [0.05, 0.1) is 18.2 Å². The summed E-state index contributed by atoms with van der Waals surface area (Å²) in [6.07, 6.45) is 1.51. The molecule has 0 atom stereocenters. The lowest BCUT2D eigenvalue weighted by Crippen LogP contribution is -2.17. The predicted molar refractivity (Wildman–Crippen MR) is 125 cm³/mol. The van der Waals surface area contributed by atoms with Crippen LogP contribution in [0.1, 0.15) is 21.5 Å². The van der Waals surface area contributed by atoms with Crippen LogP contribution in [0.15, 0.2) is 71.8 Å². The summed E-state index contributed by atoms with van der Waals surface area (Å²) in [6.45, 7) is 0.230. The number of hydrogen-bond donors (Lipinski definition) is 1. The molecule has 158 valence electrons. The third-order valence-electron chi connectivity index (χ3n) is 4.20. The minimum Gasteiger partial charge on any atom is -0.493 e. The number of nitro groups is 1. The zero-order chi connectivity index (χ0) is 22.2. The van der Waals surface area contributed by atoms with E-state index in [9.17, 15) is 14.9 Å². The second-order valence-corrected chi connectivity index (χ2v) is 7.58. The highest BCUT2D eigenvalue weighted by atomic mass is 127. The summed E-state index contributed by atoms with van der Waals surface area (Å²) in [7, 11) is 1.52. The maximum absolute atomic E-state index is 12.1. The Bertz CT molecular complexity index is 1120. The van der Waals surface area contributed by atoms with E-state index in [0.717, 1.165) is 9.13 Å². The highest BCUT2D eigenvalue weighted by Gasteiger charge is 2.08. The Morgan fingerprint density at radius 3 is 2.58 bits per heavy atom. The number of non-ortho nitro benzene ring substituents is 1. The Morgan fingerprint density at radius 2 is 1.90 bits per heavy atom. The molecule has 0 bridgehead atoms. The molecule has 3 aromatic rings. The Balaban J connectivity index is 1.61. The topological polar surface area (TPSA) is 103 Å². The van der Waals surface area contributed by atoms with Crippen molar-refractivity contribution in [3.05, 3.63) is 97.1 Å². The van der Waals surface area contributed by atoms with E-state index >= 15 is 0 Å². The summed E-state index contributed by atoms with van der Waals surface area (Å²) in [6, 6.07) is 18.6. The molecule has 1 N–H and O–H groups in total. The van der Waals surface area contributed by atoms with E-state index in [4.69, 9.17) is 9.47 Å². The van der Waals surface area contributed by atoms with Crippen LogP contribution in [0, 0.1) is 13.7 Å². The molecule has 31 heavy (non-hydrogen) atoms. The lowest BCUT2D eigenvalue weighted by molar-refractivity contribution is -0.384. The number of hydrazone groups is 1. The summed E-state index contributed by atoms with van der Waals surface area (Å²) in [5.41, 5.74) is 4.54. The van der Waals surface area contributed by atoms with Crippen LogP contribution in [0.3, 0.4) is 0 Å². The van der Waals surface area contributed by atoms with E-state index in [1.54, 1.807) is 48.5 Å². The molecule has 0 unspecified atom stereocenters. The van der Waals surface area contributed by atoms with Crippen molar-refractivity contribution in [1.29, 1.82) is 0 Å². The molecule has 0 saturated carbocycles. The molecule has 0 aliphatic heterocycles. The summed E-state index contributed by atoms with van der Waals surface area (Å²) in [4.78, 5) is 22.4. The quantitative estimate of drug-likeness (QED) is 0.199. The average Bonchev–Trinajstić information content (AvgIpc) is 2.78.